The molecule has 0 amide bonds. The second-order valence-electron chi connectivity index (χ2n) is 8.06. The highest BCUT2D eigenvalue weighted by molar-refractivity contribution is 5.86. The van der Waals surface area contributed by atoms with Crippen LogP contribution in [0.3, 0.4) is 0 Å². The Labute approximate surface area is 138 Å². The van der Waals surface area contributed by atoms with Gasteiger partial charge in [-0.05, 0) is 80.9 Å². The highest BCUT2D eigenvalue weighted by atomic mass is 16.5. The Morgan fingerprint density at radius 3 is 2.26 bits per heavy atom. The number of carbonyl (C=O) groups excluding carboxylic acids is 1. The Morgan fingerprint density at radius 1 is 1.09 bits per heavy atom. The zero-order valence-corrected chi connectivity index (χ0v) is 14.1. The van der Waals surface area contributed by atoms with Crippen LogP contribution in [0.15, 0.2) is 18.2 Å². The molecule has 0 saturated heterocycles. The van der Waals surface area contributed by atoms with E-state index in [2.05, 4.69) is 0 Å². The first kappa shape index (κ1) is 15.0. The predicted octanol–water partition coefficient (Wildman–Crippen LogP) is 4.17. The van der Waals surface area contributed by atoms with Gasteiger partial charge in [0.25, 0.3) is 0 Å². The van der Waals surface area contributed by atoms with Crippen molar-refractivity contribution in [2.75, 3.05) is 13.7 Å². The van der Waals surface area contributed by atoms with Crippen LogP contribution in [0.1, 0.15) is 44.1 Å². The summed E-state index contributed by atoms with van der Waals surface area (Å²) in [7, 11) is 1.64. The molecule has 3 heteroatoms. The van der Waals surface area contributed by atoms with Gasteiger partial charge < -0.3 is 9.47 Å². The largest absolute Gasteiger partial charge is 0.493 e. The SMILES string of the molecule is COc1cc(C)ccc1OCC(=O)C12CC3CC(CC(C3)C1)C2. The molecule has 4 bridgehead atoms. The highest BCUT2D eigenvalue weighted by Gasteiger charge is 2.54. The molecule has 0 unspecified atom stereocenters. The van der Waals surface area contributed by atoms with Crippen molar-refractivity contribution in [3.05, 3.63) is 23.8 Å². The molecule has 0 atom stereocenters. The Kier molecular flexibility index (Phi) is 3.62. The second kappa shape index (κ2) is 5.54. The molecule has 4 saturated carbocycles. The van der Waals surface area contributed by atoms with Gasteiger partial charge in [-0.2, -0.15) is 0 Å². The van der Waals surface area contributed by atoms with E-state index in [0.29, 0.717) is 17.3 Å². The van der Waals surface area contributed by atoms with Gasteiger partial charge in [0.05, 0.1) is 7.11 Å². The topological polar surface area (TPSA) is 35.5 Å². The zero-order chi connectivity index (χ0) is 16.0. The minimum Gasteiger partial charge on any atom is -0.493 e. The number of ketones is 1. The molecule has 23 heavy (non-hydrogen) atoms. The summed E-state index contributed by atoms with van der Waals surface area (Å²) >= 11 is 0. The summed E-state index contributed by atoms with van der Waals surface area (Å²) in [6.07, 6.45) is 7.39. The molecule has 0 aromatic heterocycles. The van der Waals surface area contributed by atoms with E-state index in [1.165, 1.54) is 19.3 Å². The van der Waals surface area contributed by atoms with Crippen molar-refractivity contribution in [1.29, 1.82) is 0 Å². The molecule has 5 rings (SSSR count). The fourth-order valence-electron chi connectivity index (χ4n) is 5.64. The van der Waals surface area contributed by atoms with Gasteiger partial charge in [0.15, 0.2) is 17.3 Å². The molecule has 4 fully saturated rings. The summed E-state index contributed by atoms with van der Waals surface area (Å²) < 4.78 is 11.2. The Morgan fingerprint density at radius 2 is 1.70 bits per heavy atom. The molecular formula is C20H26O3. The van der Waals surface area contributed by atoms with Crippen molar-refractivity contribution in [3.8, 4) is 11.5 Å². The van der Waals surface area contributed by atoms with Gasteiger partial charge in [-0.1, -0.05) is 6.07 Å². The van der Waals surface area contributed by atoms with Crippen molar-refractivity contribution < 1.29 is 14.3 Å². The van der Waals surface area contributed by atoms with E-state index in [0.717, 1.165) is 42.6 Å². The number of hydrogen-bond donors (Lipinski definition) is 0. The van der Waals surface area contributed by atoms with Gasteiger partial charge in [0.2, 0.25) is 0 Å². The molecule has 0 aliphatic heterocycles. The van der Waals surface area contributed by atoms with Crippen LogP contribution in [0.4, 0.5) is 0 Å². The average molecular weight is 314 g/mol. The number of hydrogen-bond acceptors (Lipinski definition) is 3. The maximum atomic E-state index is 13.0. The van der Waals surface area contributed by atoms with Crippen molar-refractivity contribution in [2.24, 2.45) is 23.2 Å². The summed E-state index contributed by atoms with van der Waals surface area (Å²) in [5, 5.41) is 0. The first-order valence-electron chi connectivity index (χ1n) is 8.89. The summed E-state index contributed by atoms with van der Waals surface area (Å²) in [6, 6.07) is 5.85. The summed E-state index contributed by atoms with van der Waals surface area (Å²) in [5.41, 5.74) is 1.05. The van der Waals surface area contributed by atoms with Crippen molar-refractivity contribution in [2.45, 2.75) is 45.4 Å². The summed E-state index contributed by atoms with van der Waals surface area (Å²) in [6.45, 7) is 2.21. The molecular weight excluding hydrogens is 288 g/mol. The van der Waals surface area contributed by atoms with Crippen molar-refractivity contribution >= 4 is 5.78 Å². The molecule has 4 aliphatic rings. The van der Waals surface area contributed by atoms with Gasteiger partial charge in [-0.3, -0.25) is 4.79 Å². The van der Waals surface area contributed by atoms with Gasteiger partial charge >= 0.3 is 0 Å². The maximum Gasteiger partial charge on any atom is 0.176 e. The summed E-state index contributed by atoms with van der Waals surface area (Å²) in [4.78, 5) is 13.0. The maximum absolute atomic E-state index is 13.0. The molecule has 124 valence electrons. The number of aryl methyl sites for hydroxylation is 1. The molecule has 3 nitrogen and oxygen atoms in total. The minimum absolute atomic E-state index is 0.0767. The van der Waals surface area contributed by atoms with Crippen LogP contribution < -0.4 is 9.47 Å². The molecule has 1 aromatic carbocycles. The lowest BCUT2D eigenvalue weighted by atomic mass is 9.48. The normalized spacial score (nSPS) is 34.4. The van der Waals surface area contributed by atoms with Crippen LogP contribution in [0.2, 0.25) is 0 Å². The van der Waals surface area contributed by atoms with Gasteiger partial charge in [0.1, 0.15) is 6.61 Å². The minimum atomic E-state index is -0.0767. The van der Waals surface area contributed by atoms with Crippen LogP contribution >= 0.6 is 0 Å². The number of rotatable bonds is 5. The van der Waals surface area contributed by atoms with Gasteiger partial charge in [0, 0.05) is 5.41 Å². The molecule has 4 aliphatic carbocycles. The van der Waals surface area contributed by atoms with Crippen LogP contribution in [-0.2, 0) is 4.79 Å². The first-order chi connectivity index (χ1) is 11.1. The third kappa shape index (κ3) is 2.64. The van der Waals surface area contributed by atoms with E-state index in [4.69, 9.17) is 9.47 Å². The van der Waals surface area contributed by atoms with Crippen molar-refractivity contribution in [3.63, 3.8) is 0 Å². The second-order valence-corrected chi connectivity index (χ2v) is 8.06. The third-order valence-electron chi connectivity index (χ3n) is 6.31. The molecule has 0 heterocycles. The molecule has 0 spiro atoms. The van der Waals surface area contributed by atoms with Gasteiger partial charge in [-0.15, -0.1) is 0 Å². The van der Waals surface area contributed by atoms with Crippen LogP contribution in [0.5, 0.6) is 11.5 Å². The number of methoxy groups -OCH3 is 1. The van der Waals surface area contributed by atoms with E-state index in [-0.39, 0.29) is 12.0 Å². The standard InChI is InChI=1S/C20H26O3/c1-13-3-4-17(18(5-13)22-2)23-12-19(21)20-9-14-6-15(10-20)8-16(7-14)11-20/h3-5,14-16H,6-12H2,1-2H3. The van der Waals surface area contributed by atoms with Gasteiger partial charge in [-0.25, -0.2) is 0 Å². The third-order valence-corrected chi connectivity index (χ3v) is 6.31. The fourth-order valence-corrected chi connectivity index (χ4v) is 5.64. The Balaban J connectivity index is 1.46. The van der Waals surface area contributed by atoms with E-state index in [1.807, 2.05) is 25.1 Å². The lowest BCUT2D eigenvalue weighted by Gasteiger charge is -2.55. The predicted molar refractivity (Wildman–Crippen MR) is 88.8 cm³/mol. The molecule has 0 radical (unpaired) electrons. The number of ether oxygens (including phenoxy) is 2. The molecule has 0 N–H and O–H groups in total. The highest BCUT2D eigenvalue weighted by Crippen LogP contribution is 2.60. The van der Waals surface area contributed by atoms with E-state index >= 15 is 0 Å². The quantitative estimate of drug-likeness (QED) is 0.818. The zero-order valence-electron chi connectivity index (χ0n) is 14.1. The Hall–Kier alpha value is -1.51. The van der Waals surface area contributed by atoms with E-state index < -0.39 is 0 Å². The molecule has 1 aromatic rings. The average Bonchev–Trinajstić information content (AvgIpc) is 2.52. The smallest absolute Gasteiger partial charge is 0.176 e. The lowest BCUT2D eigenvalue weighted by molar-refractivity contribution is -0.146. The van der Waals surface area contributed by atoms with Crippen LogP contribution in [0.25, 0.3) is 0 Å². The summed E-state index contributed by atoms with van der Waals surface area (Å²) in [5.74, 6) is 4.08. The Bertz CT molecular complexity index is 584. The number of carbonyl (C=O) groups is 1. The lowest BCUT2D eigenvalue weighted by Crippen LogP contribution is -2.51. The van der Waals surface area contributed by atoms with Crippen LogP contribution in [0, 0.1) is 30.1 Å². The van der Waals surface area contributed by atoms with Crippen LogP contribution in [-0.4, -0.2) is 19.5 Å². The monoisotopic (exact) mass is 314 g/mol. The first-order valence-corrected chi connectivity index (χ1v) is 8.89. The number of benzene rings is 1. The van der Waals surface area contributed by atoms with E-state index in [9.17, 15) is 4.79 Å². The fraction of sp³-hybridized carbons (Fsp3) is 0.650. The van der Waals surface area contributed by atoms with E-state index in [1.54, 1.807) is 7.11 Å². The number of Topliss-reactive ketones (excluding diaryl/α,β-unsaturated/α-hetero) is 1. The van der Waals surface area contributed by atoms with Crippen molar-refractivity contribution in [1.82, 2.24) is 0 Å².